The Bertz CT molecular complexity index is 815. The van der Waals surface area contributed by atoms with Crippen molar-refractivity contribution in [3.8, 4) is 5.75 Å². The Morgan fingerprint density at radius 2 is 1.78 bits per heavy atom. The molecule has 0 saturated heterocycles. The van der Waals surface area contributed by atoms with Gasteiger partial charge in [-0.1, -0.05) is 29.3 Å². The molecule has 2 nitrogen and oxygen atoms in total. The number of H-pyrrole nitrogens is 1. The molecule has 1 heterocycles. The average Bonchev–Trinajstić information content (AvgIpc) is 2.91. The number of ether oxygens (including phenoxy) is 1. The maximum absolute atomic E-state index is 6.18. The Balaban J connectivity index is 1.59. The number of benzene rings is 2. The van der Waals surface area contributed by atoms with Gasteiger partial charge >= 0.3 is 0 Å². The molecule has 120 valence electrons. The van der Waals surface area contributed by atoms with Crippen LogP contribution in [0.4, 0.5) is 0 Å². The molecular formula is C19H19Cl2NO. The minimum atomic E-state index is 0.681. The van der Waals surface area contributed by atoms with Crippen LogP contribution in [0.3, 0.4) is 0 Å². The van der Waals surface area contributed by atoms with Crippen LogP contribution in [0.5, 0.6) is 5.75 Å². The first-order chi connectivity index (χ1) is 11.0. The molecule has 0 aliphatic heterocycles. The summed E-state index contributed by atoms with van der Waals surface area (Å²) in [4.78, 5) is 3.27. The highest BCUT2D eigenvalue weighted by molar-refractivity contribution is 6.32. The molecule has 0 aliphatic rings. The SMILES string of the molecule is Cc1cc(OCCCc2c[nH]c3cc(Cl)ccc23)cc(C)c1Cl. The molecule has 0 fully saturated rings. The molecule has 0 amide bonds. The van der Waals surface area contributed by atoms with E-state index in [0.717, 1.165) is 45.3 Å². The zero-order valence-corrected chi connectivity index (χ0v) is 14.8. The van der Waals surface area contributed by atoms with E-state index in [9.17, 15) is 0 Å². The van der Waals surface area contributed by atoms with Crippen LogP contribution in [0.25, 0.3) is 10.9 Å². The third-order valence-corrected chi connectivity index (χ3v) is 4.83. The summed E-state index contributed by atoms with van der Waals surface area (Å²) in [5.74, 6) is 0.884. The molecular weight excluding hydrogens is 329 g/mol. The summed E-state index contributed by atoms with van der Waals surface area (Å²) >= 11 is 12.2. The summed E-state index contributed by atoms with van der Waals surface area (Å²) in [7, 11) is 0. The summed E-state index contributed by atoms with van der Waals surface area (Å²) in [6.07, 6.45) is 3.97. The zero-order chi connectivity index (χ0) is 16.4. The van der Waals surface area contributed by atoms with Gasteiger partial charge in [0, 0.05) is 27.1 Å². The van der Waals surface area contributed by atoms with Crippen LogP contribution in [0, 0.1) is 13.8 Å². The number of rotatable bonds is 5. The predicted octanol–water partition coefficient (Wildman–Crippen LogP) is 6.10. The van der Waals surface area contributed by atoms with Gasteiger partial charge in [0.2, 0.25) is 0 Å². The number of aromatic amines is 1. The van der Waals surface area contributed by atoms with E-state index in [1.807, 2.05) is 38.1 Å². The molecule has 0 unspecified atom stereocenters. The largest absolute Gasteiger partial charge is 0.494 e. The molecule has 4 heteroatoms. The van der Waals surface area contributed by atoms with Crippen molar-refractivity contribution < 1.29 is 4.74 Å². The summed E-state index contributed by atoms with van der Waals surface area (Å²) in [5, 5.41) is 2.80. The summed E-state index contributed by atoms with van der Waals surface area (Å²) in [6, 6.07) is 9.93. The number of hydrogen-bond acceptors (Lipinski definition) is 1. The van der Waals surface area contributed by atoms with E-state index in [4.69, 9.17) is 27.9 Å². The van der Waals surface area contributed by atoms with Gasteiger partial charge in [0.25, 0.3) is 0 Å². The lowest BCUT2D eigenvalue weighted by Gasteiger charge is -2.10. The van der Waals surface area contributed by atoms with Crippen molar-refractivity contribution in [3.63, 3.8) is 0 Å². The van der Waals surface area contributed by atoms with Crippen LogP contribution in [0.2, 0.25) is 10.0 Å². The minimum absolute atomic E-state index is 0.681. The average molecular weight is 348 g/mol. The van der Waals surface area contributed by atoms with Crippen LogP contribution in [0.1, 0.15) is 23.1 Å². The van der Waals surface area contributed by atoms with Crippen LogP contribution in [-0.4, -0.2) is 11.6 Å². The molecule has 3 aromatic rings. The molecule has 3 rings (SSSR count). The van der Waals surface area contributed by atoms with E-state index in [-0.39, 0.29) is 0 Å². The molecule has 1 N–H and O–H groups in total. The number of hydrogen-bond donors (Lipinski definition) is 1. The normalized spacial score (nSPS) is 11.1. The van der Waals surface area contributed by atoms with Gasteiger partial charge in [0.15, 0.2) is 0 Å². The lowest BCUT2D eigenvalue weighted by molar-refractivity contribution is 0.311. The van der Waals surface area contributed by atoms with Crippen molar-refractivity contribution in [2.45, 2.75) is 26.7 Å². The van der Waals surface area contributed by atoms with Crippen LogP contribution in [-0.2, 0) is 6.42 Å². The van der Waals surface area contributed by atoms with Gasteiger partial charge in [0.1, 0.15) is 5.75 Å². The van der Waals surface area contributed by atoms with Crippen molar-refractivity contribution in [1.82, 2.24) is 4.98 Å². The number of aryl methyl sites for hydroxylation is 3. The van der Waals surface area contributed by atoms with Crippen LogP contribution in [0.15, 0.2) is 36.5 Å². The van der Waals surface area contributed by atoms with E-state index in [1.165, 1.54) is 10.9 Å². The second-order valence-electron chi connectivity index (χ2n) is 5.83. The highest BCUT2D eigenvalue weighted by atomic mass is 35.5. The second-order valence-corrected chi connectivity index (χ2v) is 6.64. The van der Waals surface area contributed by atoms with Crippen LogP contribution < -0.4 is 4.74 Å². The molecule has 2 aromatic carbocycles. The summed E-state index contributed by atoms with van der Waals surface area (Å²) < 4.78 is 5.86. The monoisotopic (exact) mass is 347 g/mol. The highest BCUT2D eigenvalue weighted by Crippen LogP contribution is 2.26. The van der Waals surface area contributed by atoms with Gasteiger partial charge in [-0.2, -0.15) is 0 Å². The van der Waals surface area contributed by atoms with Crippen molar-refractivity contribution in [1.29, 1.82) is 0 Å². The lowest BCUT2D eigenvalue weighted by Crippen LogP contribution is -2.00. The summed E-state index contributed by atoms with van der Waals surface area (Å²) in [6.45, 7) is 4.68. The molecule has 0 atom stereocenters. The Labute approximate surface area is 146 Å². The molecule has 0 radical (unpaired) electrons. The topological polar surface area (TPSA) is 25.0 Å². The van der Waals surface area contributed by atoms with Gasteiger partial charge in [-0.25, -0.2) is 0 Å². The van der Waals surface area contributed by atoms with Crippen molar-refractivity contribution in [3.05, 3.63) is 63.3 Å². The van der Waals surface area contributed by atoms with Gasteiger partial charge in [-0.05, 0) is 67.6 Å². The molecule has 0 spiro atoms. The van der Waals surface area contributed by atoms with Gasteiger partial charge < -0.3 is 9.72 Å². The lowest BCUT2D eigenvalue weighted by atomic mass is 10.1. The first kappa shape index (κ1) is 16.2. The van der Waals surface area contributed by atoms with E-state index >= 15 is 0 Å². The third-order valence-electron chi connectivity index (χ3n) is 4.00. The maximum Gasteiger partial charge on any atom is 0.119 e. The standard InChI is InChI=1S/C19H19Cl2NO/c1-12-8-16(9-13(2)19(12)21)23-7-3-4-14-11-22-18-10-15(20)5-6-17(14)18/h5-6,8-11,22H,3-4,7H2,1-2H3. The fourth-order valence-electron chi connectivity index (χ4n) is 2.81. The smallest absolute Gasteiger partial charge is 0.119 e. The fraction of sp³-hybridized carbons (Fsp3) is 0.263. The van der Waals surface area contributed by atoms with Crippen molar-refractivity contribution >= 4 is 34.1 Å². The number of aromatic nitrogens is 1. The minimum Gasteiger partial charge on any atom is -0.494 e. The molecule has 0 aliphatic carbocycles. The number of fused-ring (bicyclic) bond motifs is 1. The van der Waals surface area contributed by atoms with E-state index in [1.54, 1.807) is 0 Å². The van der Waals surface area contributed by atoms with Gasteiger partial charge in [0.05, 0.1) is 6.61 Å². The second kappa shape index (κ2) is 6.86. The number of nitrogens with one attached hydrogen (secondary N) is 1. The van der Waals surface area contributed by atoms with Crippen molar-refractivity contribution in [2.24, 2.45) is 0 Å². The molecule has 0 saturated carbocycles. The predicted molar refractivity (Wildman–Crippen MR) is 98.1 cm³/mol. The Kier molecular flexibility index (Phi) is 4.84. The van der Waals surface area contributed by atoms with Gasteiger partial charge in [-0.3, -0.25) is 0 Å². The van der Waals surface area contributed by atoms with Gasteiger partial charge in [-0.15, -0.1) is 0 Å². The first-order valence-electron chi connectivity index (χ1n) is 7.69. The quantitative estimate of drug-likeness (QED) is 0.554. The summed E-state index contributed by atoms with van der Waals surface area (Å²) in [5.41, 5.74) is 4.48. The molecule has 0 bridgehead atoms. The fourth-order valence-corrected chi connectivity index (χ4v) is 3.09. The van der Waals surface area contributed by atoms with E-state index < -0.39 is 0 Å². The third kappa shape index (κ3) is 3.65. The van der Waals surface area contributed by atoms with Crippen LogP contribution >= 0.6 is 23.2 Å². The zero-order valence-electron chi connectivity index (χ0n) is 13.2. The Morgan fingerprint density at radius 3 is 2.52 bits per heavy atom. The Hall–Kier alpha value is -1.64. The Morgan fingerprint density at radius 1 is 1.04 bits per heavy atom. The first-order valence-corrected chi connectivity index (χ1v) is 8.45. The maximum atomic E-state index is 6.18. The number of halogens is 2. The van der Waals surface area contributed by atoms with E-state index in [0.29, 0.717) is 6.61 Å². The molecule has 1 aromatic heterocycles. The highest BCUT2D eigenvalue weighted by Gasteiger charge is 2.06. The van der Waals surface area contributed by atoms with Crippen molar-refractivity contribution in [2.75, 3.05) is 6.61 Å². The molecule has 23 heavy (non-hydrogen) atoms. The van der Waals surface area contributed by atoms with E-state index in [2.05, 4.69) is 17.2 Å².